The molecule has 0 aromatic rings. The molecule has 0 aliphatic rings. The lowest BCUT2D eigenvalue weighted by Crippen LogP contribution is -2.30. The first-order chi connectivity index (χ1) is 11.7. The van der Waals surface area contributed by atoms with Crippen LogP contribution in [0.3, 0.4) is 0 Å². The fourth-order valence-electron chi connectivity index (χ4n) is 3.11. The van der Waals surface area contributed by atoms with Crippen LogP contribution < -0.4 is 0 Å². The first kappa shape index (κ1) is 23.1. The minimum Gasteiger partial charge on any atom is -0.343 e. The fourth-order valence-corrected chi connectivity index (χ4v) is 3.11. The summed E-state index contributed by atoms with van der Waals surface area (Å²) in [6, 6.07) is 0. The van der Waals surface area contributed by atoms with Gasteiger partial charge in [-0.1, -0.05) is 64.7 Å². The molecule has 0 N–H and O–H groups in total. The number of hydrogen-bond acceptors (Lipinski definition) is 2. The van der Waals surface area contributed by atoms with Gasteiger partial charge in [-0.05, 0) is 26.7 Å². The van der Waals surface area contributed by atoms with Gasteiger partial charge in [0.1, 0.15) is 5.78 Å². The Labute approximate surface area is 150 Å². The van der Waals surface area contributed by atoms with Gasteiger partial charge in [0.05, 0.1) is 0 Å². The average molecular weight is 340 g/mol. The summed E-state index contributed by atoms with van der Waals surface area (Å²) in [5.74, 6) is 0.522. The van der Waals surface area contributed by atoms with Crippen LogP contribution in [0.2, 0.25) is 0 Å². The monoisotopic (exact) mass is 339 g/mol. The highest BCUT2D eigenvalue weighted by molar-refractivity contribution is 5.80. The van der Waals surface area contributed by atoms with Gasteiger partial charge in [-0.25, -0.2) is 0 Å². The highest BCUT2D eigenvalue weighted by Crippen LogP contribution is 2.12. The predicted octanol–water partition coefficient (Wildman–Crippen LogP) is 5.91. The van der Waals surface area contributed by atoms with Gasteiger partial charge in [0.2, 0.25) is 5.91 Å². The van der Waals surface area contributed by atoms with Crippen molar-refractivity contribution in [2.45, 2.75) is 111 Å². The van der Waals surface area contributed by atoms with Crippen LogP contribution in [0.5, 0.6) is 0 Å². The zero-order chi connectivity index (χ0) is 18.0. The maximum Gasteiger partial charge on any atom is 0.222 e. The molecular weight excluding hydrogens is 298 g/mol. The largest absolute Gasteiger partial charge is 0.343 e. The molecule has 0 aliphatic carbocycles. The molecule has 0 saturated carbocycles. The first-order valence-electron chi connectivity index (χ1n) is 10.4. The Morgan fingerprint density at radius 2 is 1.04 bits per heavy atom. The maximum absolute atomic E-state index is 11.8. The summed E-state index contributed by atoms with van der Waals surface area (Å²) in [5, 5.41) is 0. The molecule has 0 aromatic carbocycles. The zero-order valence-corrected chi connectivity index (χ0v) is 16.6. The number of rotatable bonds is 17. The first-order valence-corrected chi connectivity index (χ1v) is 10.4. The Morgan fingerprint density at radius 3 is 1.54 bits per heavy atom. The van der Waals surface area contributed by atoms with Crippen LogP contribution in [0.15, 0.2) is 0 Å². The highest BCUT2D eigenvalue weighted by Gasteiger charge is 2.10. The topological polar surface area (TPSA) is 37.4 Å². The minimum absolute atomic E-state index is 0.187. The van der Waals surface area contributed by atoms with Crippen LogP contribution in [0.25, 0.3) is 0 Å². The molecule has 0 unspecified atom stereocenters. The van der Waals surface area contributed by atoms with Crippen molar-refractivity contribution in [3.8, 4) is 0 Å². The molecule has 0 saturated heterocycles. The van der Waals surface area contributed by atoms with Crippen LogP contribution >= 0.6 is 0 Å². The second-order valence-corrected chi connectivity index (χ2v) is 6.89. The summed E-state index contributed by atoms with van der Waals surface area (Å²) in [7, 11) is 0. The molecule has 0 atom stereocenters. The van der Waals surface area contributed by atoms with Gasteiger partial charge in [0.25, 0.3) is 0 Å². The van der Waals surface area contributed by atoms with Crippen LogP contribution in [0.4, 0.5) is 0 Å². The van der Waals surface area contributed by atoms with Crippen LogP contribution in [-0.4, -0.2) is 29.7 Å². The third kappa shape index (κ3) is 13.6. The molecule has 1 amide bonds. The van der Waals surface area contributed by atoms with Gasteiger partial charge in [0, 0.05) is 32.4 Å². The SMILES string of the molecule is CCCCCCCCCCCCC(=O)CCCC(=O)N(CC)CC. The molecule has 3 nitrogen and oxygen atoms in total. The van der Waals surface area contributed by atoms with Crippen LogP contribution in [0.1, 0.15) is 111 Å². The lowest BCUT2D eigenvalue weighted by atomic mass is 10.0. The molecule has 0 bridgehead atoms. The third-order valence-electron chi connectivity index (χ3n) is 4.77. The standard InChI is InChI=1S/C21H41NO2/c1-4-7-8-9-10-11-12-13-14-15-17-20(23)18-16-19-21(24)22(5-2)6-3/h4-19H2,1-3H3. The number of unbranched alkanes of at least 4 members (excludes halogenated alkanes) is 9. The number of carbonyl (C=O) groups excluding carboxylic acids is 2. The van der Waals surface area contributed by atoms with E-state index in [4.69, 9.17) is 0 Å². The quantitative estimate of drug-likeness (QED) is 0.309. The Hall–Kier alpha value is -0.860. The van der Waals surface area contributed by atoms with Gasteiger partial charge < -0.3 is 4.90 Å². The molecule has 24 heavy (non-hydrogen) atoms. The Bertz CT molecular complexity index is 311. The maximum atomic E-state index is 11.8. The molecule has 0 aromatic heterocycles. The van der Waals surface area contributed by atoms with Crippen molar-refractivity contribution in [1.29, 1.82) is 0 Å². The van der Waals surface area contributed by atoms with E-state index in [1.165, 1.54) is 57.8 Å². The van der Waals surface area contributed by atoms with E-state index in [1.807, 2.05) is 18.7 Å². The normalized spacial score (nSPS) is 10.8. The lowest BCUT2D eigenvalue weighted by molar-refractivity contribution is -0.131. The van der Waals surface area contributed by atoms with Crippen molar-refractivity contribution in [2.24, 2.45) is 0 Å². The smallest absolute Gasteiger partial charge is 0.222 e. The van der Waals surface area contributed by atoms with Crippen molar-refractivity contribution in [2.75, 3.05) is 13.1 Å². The Balaban J connectivity index is 3.40. The number of carbonyl (C=O) groups is 2. The molecule has 0 aliphatic heterocycles. The Morgan fingerprint density at radius 1 is 0.583 bits per heavy atom. The summed E-state index contributed by atoms with van der Waals surface area (Å²) in [6.07, 6.45) is 15.5. The summed E-state index contributed by atoms with van der Waals surface area (Å²) in [4.78, 5) is 25.5. The lowest BCUT2D eigenvalue weighted by Gasteiger charge is -2.18. The predicted molar refractivity (Wildman–Crippen MR) is 103 cm³/mol. The van der Waals surface area contributed by atoms with E-state index in [-0.39, 0.29) is 5.91 Å². The number of amides is 1. The van der Waals surface area contributed by atoms with E-state index in [0.29, 0.717) is 31.5 Å². The second-order valence-electron chi connectivity index (χ2n) is 6.89. The number of ketones is 1. The van der Waals surface area contributed by atoms with E-state index >= 15 is 0 Å². The fraction of sp³-hybridized carbons (Fsp3) is 0.905. The highest BCUT2D eigenvalue weighted by atomic mass is 16.2. The number of Topliss-reactive ketones (excluding diaryl/α,β-unsaturated/α-hetero) is 1. The molecule has 0 spiro atoms. The number of hydrogen-bond donors (Lipinski definition) is 0. The molecule has 0 rings (SSSR count). The second kappa shape index (κ2) is 17.0. The van der Waals surface area contributed by atoms with Crippen molar-refractivity contribution >= 4 is 11.7 Å². The summed E-state index contributed by atoms with van der Waals surface area (Å²) in [5.41, 5.74) is 0. The van der Waals surface area contributed by atoms with E-state index in [0.717, 1.165) is 19.5 Å². The van der Waals surface area contributed by atoms with Gasteiger partial charge >= 0.3 is 0 Å². The third-order valence-corrected chi connectivity index (χ3v) is 4.77. The van der Waals surface area contributed by atoms with Crippen LogP contribution in [0, 0.1) is 0 Å². The van der Waals surface area contributed by atoms with Crippen molar-refractivity contribution < 1.29 is 9.59 Å². The molecule has 142 valence electrons. The molecule has 0 fully saturated rings. The summed E-state index contributed by atoms with van der Waals surface area (Å²) >= 11 is 0. The summed E-state index contributed by atoms with van der Waals surface area (Å²) in [6.45, 7) is 7.78. The molecule has 3 heteroatoms. The van der Waals surface area contributed by atoms with Crippen molar-refractivity contribution in [3.63, 3.8) is 0 Å². The van der Waals surface area contributed by atoms with E-state index < -0.39 is 0 Å². The van der Waals surface area contributed by atoms with Crippen molar-refractivity contribution in [1.82, 2.24) is 4.90 Å². The van der Waals surface area contributed by atoms with Gasteiger partial charge in [-0.2, -0.15) is 0 Å². The van der Waals surface area contributed by atoms with Gasteiger partial charge in [-0.15, -0.1) is 0 Å². The van der Waals surface area contributed by atoms with Crippen molar-refractivity contribution in [3.05, 3.63) is 0 Å². The zero-order valence-electron chi connectivity index (χ0n) is 16.6. The van der Waals surface area contributed by atoms with Gasteiger partial charge in [0.15, 0.2) is 0 Å². The van der Waals surface area contributed by atoms with E-state index in [9.17, 15) is 9.59 Å². The minimum atomic E-state index is 0.187. The molecule has 0 heterocycles. The van der Waals surface area contributed by atoms with Crippen LogP contribution in [-0.2, 0) is 9.59 Å². The Kier molecular flexibility index (Phi) is 16.4. The number of nitrogens with zero attached hydrogens (tertiary/aromatic N) is 1. The van der Waals surface area contributed by atoms with E-state index in [2.05, 4.69) is 6.92 Å². The van der Waals surface area contributed by atoms with Gasteiger partial charge in [-0.3, -0.25) is 9.59 Å². The molecule has 0 radical (unpaired) electrons. The summed E-state index contributed by atoms with van der Waals surface area (Å²) < 4.78 is 0. The average Bonchev–Trinajstić information content (AvgIpc) is 2.57. The van der Waals surface area contributed by atoms with E-state index in [1.54, 1.807) is 0 Å². The molecular formula is C21H41NO2.